The minimum Gasteiger partial charge on any atom is -0.381 e. The van der Waals surface area contributed by atoms with Gasteiger partial charge in [0.05, 0.1) is 5.69 Å². The highest BCUT2D eigenvalue weighted by molar-refractivity contribution is 6.30. The van der Waals surface area contributed by atoms with Gasteiger partial charge < -0.3 is 5.32 Å². The molecule has 19 heavy (non-hydrogen) atoms. The average molecular weight is 278 g/mol. The standard InChI is InChI=1S/C15H20ClN3/c1-4-5-12-6-8-13(9-7-12)17-10-14-11(2)18-19(3)15(14)16/h6-9,17H,4-5,10H2,1-3H3. The Labute approximate surface area is 119 Å². The van der Waals surface area contributed by atoms with Crippen LogP contribution in [0.1, 0.15) is 30.2 Å². The van der Waals surface area contributed by atoms with E-state index in [0.717, 1.165) is 23.4 Å². The Balaban J connectivity index is 2.02. The number of nitrogens with zero attached hydrogens (tertiary/aromatic N) is 2. The van der Waals surface area contributed by atoms with Crippen molar-refractivity contribution in [3.05, 3.63) is 46.2 Å². The van der Waals surface area contributed by atoms with Crippen LogP contribution in [0.25, 0.3) is 0 Å². The van der Waals surface area contributed by atoms with Crippen LogP contribution in [0.15, 0.2) is 24.3 Å². The van der Waals surface area contributed by atoms with Gasteiger partial charge in [0.2, 0.25) is 0 Å². The van der Waals surface area contributed by atoms with Crippen molar-refractivity contribution in [1.82, 2.24) is 9.78 Å². The van der Waals surface area contributed by atoms with Crippen molar-refractivity contribution in [2.75, 3.05) is 5.32 Å². The lowest BCUT2D eigenvalue weighted by Crippen LogP contribution is -2.00. The van der Waals surface area contributed by atoms with Crippen molar-refractivity contribution >= 4 is 17.3 Å². The molecule has 0 bridgehead atoms. The van der Waals surface area contributed by atoms with Crippen molar-refractivity contribution in [3.63, 3.8) is 0 Å². The second-order valence-electron chi connectivity index (χ2n) is 4.78. The van der Waals surface area contributed by atoms with Crippen LogP contribution in [0, 0.1) is 6.92 Å². The molecular weight excluding hydrogens is 258 g/mol. The van der Waals surface area contributed by atoms with Crippen LogP contribution in [0.4, 0.5) is 5.69 Å². The van der Waals surface area contributed by atoms with Crippen LogP contribution in [0.2, 0.25) is 5.15 Å². The molecule has 0 radical (unpaired) electrons. The largest absolute Gasteiger partial charge is 0.381 e. The summed E-state index contributed by atoms with van der Waals surface area (Å²) in [4.78, 5) is 0. The zero-order valence-corrected chi connectivity index (χ0v) is 12.5. The van der Waals surface area contributed by atoms with E-state index in [0.29, 0.717) is 11.7 Å². The molecule has 0 saturated heterocycles. The molecule has 0 spiro atoms. The Morgan fingerprint density at radius 3 is 2.47 bits per heavy atom. The van der Waals surface area contributed by atoms with Crippen LogP contribution >= 0.6 is 11.6 Å². The number of anilines is 1. The summed E-state index contributed by atoms with van der Waals surface area (Å²) in [6, 6.07) is 8.57. The first-order valence-corrected chi connectivity index (χ1v) is 7.00. The normalized spacial score (nSPS) is 10.7. The van der Waals surface area contributed by atoms with Crippen LogP contribution in [0.3, 0.4) is 0 Å². The van der Waals surface area contributed by atoms with Crippen molar-refractivity contribution in [2.45, 2.75) is 33.2 Å². The number of hydrogen-bond acceptors (Lipinski definition) is 2. The monoisotopic (exact) mass is 277 g/mol. The lowest BCUT2D eigenvalue weighted by molar-refractivity contribution is 0.757. The van der Waals surface area contributed by atoms with Gasteiger partial charge in [0.25, 0.3) is 0 Å². The van der Waals surface area contributed by atoms with Crippen LogP contribution in [-0.4, -0.2) is 9.78 Å². The Morgan fingerprint density at radius 2 is 1.95 bits per heavy atom. The average Bonchev–Trinajstić information content (AvgIpc) is 2.64. The van der Waals surface area contributed by atoms with Crippen molar-refractivity contribution in [3.8, 4) is 0 Å². The van der Waals surface area contributed by atoms with E-state index in [1.807, 2.05) is 14.0 Å². The van der Waals surface area contributed by atoms with Crippen LogP contribution < -0.4 is 5.32 Å². The molecule has 102 valence electrons. The van der Waals surface area contributed by atoms with E-state index in [1.54, 1.807) is 4.68 Å². The van der Waals surface area contributed by atoms with Crippen molar-refractivity contribution in [2.24, 2.45) is 7.05 Å². The molecule has 0 unspecified atom stereocenters. The highest BCUT2D eigenvalue weighted by Crippen LogP contribution is 2.20. The first-order valence-electron chi connectivity index (χ1n) is 6.62. The molecule has 1 aromatic carbocycles. The van der Waals surface area contributed by atoms with Crippen LogP contribution in [0.5, 0.6) is 0 Å². The Kier molecular flexibility index (Phi) is 4.48. The number of halogens is 1. The maximum atomic E-state index is 6.21. The minimum atomic E-state index is 0.700. The molecule has 3 nitrogen and oxygen atoms in total. The summed E-state index contributed by atoms with van der Waals surface area (Å²) in [6.45, 7) is 4.87. The third kappa shape index (κ3) is 3.29. The summed E-state index contributed by atoms with van der Waals surface area (Å²) in [5, 5.41) is 8.40. The highest BCUT2D eigenvalue weighted by atomic mass is 35.5. The van der Waals surface area contributed by atoms with Crippen molar-refractivity contribution < 1.29 is 0 Å². The molecular formula is C15H20ClN3. The van der Waals surface area contributed by atoms with Gasteiger partial charge in [-0.05, 0) is 31.0 Å². The molecule has 0 atom stereocenters. The van der Waals surface area contributed by atoms with Gasteiger partial charge in [-0.1, -0.05) is 37.1 Å². The maximum absolute atomic E-state index is 6.21. The van der Waals surface area contributed by atoms with E-state index in [-0.39, 0.29) is 0 Å². The summed E-state index contributed by atoms with van der Waals surface area (Å²) in [5.41, 5.74) is 4.52. The molecule has 0 saturated carbocycles. The molecule has 0 aliphatic rings. The molecule has 1 aromatic heterocycles. The van der Waals surface area contributed by atoms with Gasteiger partial charge in [0.1, 0.15) is 5.15 Å². The lowest BCUT2D eigenvalue weighted by atomic mass is 10.1. The molecule has 1 N–H and O–H groups in total. The topological polar surface area (TPSA) is 29.9 Å². The first kappa shape index (κ1) is 13.9. The van der Waals surface area contributed by atoms with Crippen LogP contribution in [-0.2, 0) is 20.0 Å². The van der Waals surface area contributed by atoms with Gasteiger partial charge in [-0.2, -0.15) is 5.10 Å². The van der Waals surface area contributed by atoms with E-state index in [1.165, 1.54) is 12.0 Å². The molecule has 2 rings (SSSR count). The zero-order chi connectivity index (χ0) is 13.8. The number of aromatic nitrogens is 2. The van der Waals surface area contributed by atoms with Gasteiger partial charge in [0, 0.05) is 24.8 Å². The first-order chi connectivity index (χ1) is 9.11. The molecule has 0 aliphatic carbocycles. The van der Waals surface area contributed by atoms with Gasteiger partial charge >= 0.3 is 0 Å². The fraction of sp³-hybridized carbons (Fsp3) is 0.400. The predicted octanol–water partition coefficient (Wildman–Crippen LogP) is 3.95. The number of nitrogens with one attached hydrogen (secondary N) is 1. The smallest absolute Gasteiger partial charge is 0.131 e. The zero-order valence-electron chi connectivity index (χ0n) is 11.7. The van der Waals surface area contributed by atoms with E-state index < -0.39 is 0 Å². The molecule has 1 heterocycles. The van der Waals surface area contributed by atoms with Gasteiger partial charge in [-0.3, -0.25) is 4.68 Å². The van der Waals surface area contributed by atoms with E-state index >= 15 is 0 Å². The second kappa shape index (κ2) is 6.11. The summed E-state index contributed by atoms with van der Waals surface area (Å²) < 4.78 is 1.71. The summed E-state index contributed by atoms with van der Waals surface area (Å²) in [5.74, 6) is 0. The number of aryl methyl sites for hydroxylation is 3. The molecule has 4 heteroatoms. The molecule has 0 aliphatic heterocycles. The van der Waals surface area contributed by atoms with E-state index in [4.69, 9.17) is 11.6 Å². The third-order valence-corrected chi connectivity index (χ3v) is 3.70. The van der Waals surface area contributed by atoms with Gasteiger partial charge in [-0.15, -0.1) is 0 Å². The van der Waals surface area contributed by atoms with E-state index in [9.17, 15) is 0 Å². The third-order valence-electron chi connectivity index (χ3n) is 3.23. The summed E-state index contributed by atoms with van der Waals surface area (Å²) in [6.07, 6.45) is 2.31. The SMILES string of the molecule is CCCc1ccc(NCc2c(C)nn(C)c2Cl)cc1. The van der Waals surface area contributed by atoms with Gasteiger partial charge in [0.15, 0.2) is 0 Å². The number of rotatable bonds is 5. The second-order valence-corrected chi connectivity index (χ2v) is 5.14. The fourth-order valence-electron chi connectivity index (χ4n) is 2.14. The Morgan fingerprint density at radius 1 is 1.26 bits per heavy atom. The fourth-order valence-corrected chi connectivity index (χ4v) is 2.38. The molecule has 2 aromatic rings. The number of benzene rings is 1. The molecule has 0 fully saturated rings. The summed E-state index contributed by atoms with van der Waals surface area (Å²) in [7, 11) is 1.86. The molecule has 0 amide bonds. The minimum absolute atomic E-state index is 0.700. The predicted molar refractivity (Wildman–Crippen MR) is 80.7 cm³/mol. The number of hydrogen-bond donors (Lipinski definition) is 1. The Bertz CT molecular complexity index is 543. The quantitative estimate of drug-likeness (QED) is 0.897. The Hall–Kier alpha value is -1.48. The van der Waals surface area contributed by atoms with E-state index in [2.05, 4.69) is 41.6 Å². The lowest BCUT2D eigenvalue weighted by Gasteiger charge is -2.07. The maximum Gasteiger partial charge on any atom is 0.131 e. The van der Waals surface area contributed by atoms with Crippen molar-refractivity contribution in [1.29, 1.82) is 0 Å². The van der Waals surface area contributed by atoms with Gasteiger partial charge in [-0.25, -0.2) is 0 Å². The highest BCUT2D eigenvalue weighted by Gasteiger charge is 2.10. The summed E-state index contributed by atoms with van der Waals surface area (Å²) >= 11 is 6.21.